The number of hydrogen-bond acceptors (Lipinski definition) is 5. The number of unbranched alkanes of at least 4 members (excludes halogenated alkanes) is 1. The van der Waals surface area contributed by atoms with E-state index >= 15 is 0 Å². The van der Waals surface area contributed by atoms with Gasteiger partial charge in [0.25, 0.3) is 0 Å². The summed E-state index contributed by atoms with van der Waals surface area (Å²) < 4.78 is 36.0. The highest BCUT2D eigenvalue weighted by molar-refractivity contribution is 7.90. The lowest BCUT2D eigenvalue weighted by Gasteiger charge is -2.19. The molecule has 1 aromatic carbocycles. The zero-order valence-corrected chi connectivity index (χ0v) is 17.7. The number of carbonyl (C=O) groups is 1. The Labute approximate surface area is 162 Å². The van der Waals surface area contributed by atoms with Crippen LogP contribution in [0, 0.1) is 0 Å². The van der Waals surface area contributed by atoms with Crippen molar-refractivity contribution < 1.29 is 22.7 Å². The summed E-state index contributed by atoms with van der Waals surface area (Å²) in [5.74, 6) is 1.31. The average Bonchev–Trinajstić information content (AvgIpc) is 2.60. The third-order valence-electron chi connectivity index (χ3n) is 4.11. The van der Waals surface area contributed by atoms with E-state index in [4.69, 9.17) is 9.47 Å². The molecule has 0 atom stereocenters. The fraction of sp³-hybridized carbons (Fsp3) is 0.632. The molecule has 27 heavy (non-hydrogen) atoms. The molecule has 1 aromatic rings. The minimum Gasteiger partial charge on any atom is -0.493 e. The van der Waals surface area contributed by atoms with Gasteiger partial charge in [-0.15, -0.1) is 0 Å². The molecule has 1 rings (SSSR count). The molecule has 0 unspecified atom stereocenters. The quantitative estimate of drug-likeness (QED) is 0.556. The molecule has 0 aliphatic heterocycles. The van der Waals surface area contributed by atoms with Gasteiger partial charge in [-0.3, -0.25) is 4.79 Å². The summed E-state index contributed by atoms with van der Waals surface area (Å²) in [4.78, 5) is 11.9. The van der Waals surface area contributed by atoms with E-state index in [1.54, 1.807) is 35.0 Å². The first-order chi connectivity index (χ1) is 12.6. The summed E-state index contributed by atoms with van der Waals surface area (Å²) in [7, 11) is -0.146. The smallest absolute Gasteiger partial charge is 0.220 e. The monoisotopic (exact) mass is 400 g/mol. The van der Waals surface area contributed by atoms with Crippen LogP contribution >= 0.6 is 0 Å². The Balaban J connectivity index is 2.25. The van der Waals surface area contributed by atoms with Gasteiger partial charge in [0.1, 0.15) is 0 Å². The molecule has 8 heteroatoms. The van der Waals surface area contributed by atoms with Crippen LogP contribution in [-0.2, 0) is 21.2 Å². The Morgan fingerprint density at radius 3 is 2.30 bits per heavy atom. The number of sulfonamides is 1. The number of rotatable bonds is 11. The molecular weight excluding hydrogens is 368 g/mol. The summed E-state index contributed by atoms with van der Waals surface area (Å²) in [5, 5.41) is 2.88. The zero-order valence-electron chi connectivity index (χ0n) is 16.9. The molecule has 1 amide bonds. The molecule has 154 valence electrons. The fourth-order valence-corrected chi connectivity index (χ4v) is 3.15. The van der Waals surface area contributed by atoms with Gasteiger partial charge in [-0.1, -0.05) is 6.07 Å². The van der Waals surface area contributed by atoms with Crippen molar-refractivity contribution >= 4 is 15.9 Å². The maximum absolute atomic E-state index is 11.9. The van der Waals surface area contributed by atoms with Crippen LogP contribution in [0.3, 0.4) is 0 Å². The van der Waals surface area contributed by atoms with Gasteiger partial charge in [0.15, 0.2) is 11.5 Å². The van der Waals surface area contributed by atoms with Gasteiger partial charge in [-0.2, -0.15) is 0 Å². The third-order valence-corrected chi connectivity index (χ3v) is 6.31. The second kappa shape index (κ2) is 10.5. The van der Waals surface area contributed by atoms with Crippen molar-refractivity contribution in [2.45, 2.75) is 51.2 Å². The molecule has 0 fully saturated rings. The summed E-state index contributed by atoms with van der Waals surface area (Å²) in [6.07, 6.45) is 2.33. The molecule has 0 saturated carbocycles. The lowest BCUT2D eigenvalue weighted by Crippen LogP contribution is -2.39. The van der Waals surface area contributed by atoms with E-state index in [9.17, 15) is 13.2 Å². The highest BCUT2D eigenvalue weighted by atomic mass is 32.2. The van der Waals surface area contributed by atoms with Crippen LogP contribution in [-0.4, -0.2) is 46.4 Å². The SMILES string of the molecule is COc1ccc(CCNC(=O)CCCCNS(=O)(=O)C(C)(C)C)cc1OC. The average molecular weight is 401 g/mol. The van der Waals surface area contributed by atoms with Crippen LogP contribution in [0.5, 0.6) is 11.5 Å². The predicted molar refractivity (Wildman–Crippen MR) is 107 cm³/mol. The Morgan fingerprint density at radius 2 is 1.70 bits per heavy atom. The molecule has 2 N–H and O–H groups in total. The first-order valence-corrected chi connectivity index (χ1v) is 10.6. The lowest BCUT2D eigenvalue weighted by molar-refractivity contribution is -0.121. The molecule has 0 spiro atoms. The van der Waals surface area contributed by atoms with Gasteiger partial charge in [0, 0.05) is 19.5 Å². The number of ether oxygens (including phenoxy) is 2. The Hall–Kier alpha value is -1.80. The number of methoxy groups -OCH3 is 2. The van der Waals surface area contributed by atoms with E-state index < -0.39 is 14.8 Å². The number of carbonyl (C=O) groups excluding carboxylic acids is 1. The molecule has 0 aromatic heterocycles. The summed E-state index contributed by atoms with van der Waals surface area (Å²) in [5.41, 5.74) is 1.05. The zero-order chi connectivity index (χ0) is 20.5. The van der Waals surface area contributed by atoms with E-state index in [1.807, 2.05) is 18.2 Å². The summed E-state index contributed by atoms with van der Waals surface area (Å²) in [6, 6.07) is 5.68. The minimum atomic E-state index is -3.32. The van der Waals surface area contributed by atoms with Crippen molar-refractivity contribution in [2.24, 2.45) is 0 Å². The van der Waals surface area contributed by atoms with Gasteiger partial charge in [0.2, 0.25) is 15.9 Å². The van der Waals surface area contributed by atoms with Crippen LogP contribution in [0.15, 0.2) is 18.2 Å². The van der Waals surface area contributed by atoms with Crippen LogP contribution in [0.1, 0.15) is 45.6 Å². The molecule has 7 nitrogen and oxygen atoms in total. The summed E-state index contributed by atoms with van der Waals surface area (Å²) >= 11 is 0. The summed E-state index contributed by atoms with van der Waals surface area (Å²) in [6.45, 7) is 5.84. The number of hydrogen-bond donors (Lipinski definition) is 2. The van der Waals surface area contributed by atoms with Crippen LogP contribution < -0.4 is 19.5 Å². The van der Waals surface area contributed by atoms with Crippen LogP contribution in [0.2, 0.25) is 0 Å². The Bertz CT molecular complexity index is 711. The van der Waals surface area contributed by atoms with Crippen LogP contribution in [0.25, 0.3) is 0 Å². The third kappa shape index (κ3) is 7.76. The predicted octanol–water partition coefficient (Wildman–Crippen LogP) is 2.25. The largest absolute Gasteiger partial charge is 0.493 e. The highest BCUT2D eigenvalue weighted by Crippen LogP contribution is 2.27. The first-order valence-electron chi connectivity index (χ1n) is 9.07. The van der Waals surface area contributed by atoms with Gasteiger partial charge < -0.3 is 14.8 Å². The maximum atomic E-state index is 11.9. The van der Waals surface area contributed by atoms with E-state index in [1.165, 1.54) is 0 Å². The number of benzene rings is 1. The maximum Gasteiger partial charge on any atom is 0.220 e. The van der Waals surface area contributed by atoms with Crippen molar-refractivity contribution in [1.82, 2.24) is 10.0 Å². The van der Waals surface area contributed by atoms with Crippen molar-refractivity contribution in [1.29, 1.82) is 0 Å². The first kappa shape index (κ1) is 23.2. The van der Waals surface area contributed by atoms with E-state index in [2.05, 4.69) is 10.0 Å². The standard InChI is InChI=1S/C19H32N2O5S/c1-19(2,3)27(23,24)21-12-7-6-8-18(22)20-13-11-15-9-10-16(25-4)17(14-15)26-5/h9-10,14,21H,6-8,11-13H2,1-5H3,(H,20,22). The van der Waals surface area contributed by atoms with Crippen molar-refractivity contribution in [2.75, 3.05) is 27.3 Å². The molecule has 0 bridgehead atoms. The second-order valence-corrected chi connectivity index (χ2v) is 9.78. The molecule has 0 radical (unpaired) electrons. The molecule has 0 aliphatic carbocycles. The van der Waals surface area contributed by atoms with Crippen LogP contribution in [0.4, 0.5) is 0 Å². The molecule has 0 heterocycles. The van der Waals surface area contributed by atoms with Crippen molar-refractivity contribution in [3.8, 4) is 11.5 Å². The normalized spacial score (nSPS) is 11.9. The number of amides is 1. The lowest BCUT2D eigenvalue weighted by atomic mass is 10.1. The van der Waals surface area contributed by atoms with Gasteiger partial charge in [-0.05, 0) is 57.7 Å². The highest BCUT2D eigenvalue weighted by Gasteiger charge is 2.27. The van der Waals surface area contributed by atoms with E-state index in [0.717, 1.165) is 5.56 Å². The molecule has 0 saturated heterocycles. The van der Waals surface area contributed by atoms with E-state index in [-0.39, 0.29) is 5.91 Å². The van der Waals surface area contributed by atoms with Gasteiger partial charge in [0.05, 0.1) is 19.0 Å². The Kier molecular flexibility index (Phi) is 9.05. The minimum absolute atomic E-state index is 0.0332. The van der Waals surface area contributed by atoms with Crippen molar-refractivity contribution in [3.05, 3.63) is 23.8 Å². The van der Waals surface area contributed by atoms with Gasteiger partial charge in [-0.25, -0.2) is 13.1 Å². The molecular formula is C19H32N2O5S. The second-order valence-electron chi connectivity index (χ2n) is 7.26. The Morgan fingerprint density at radius 1 is 1.04 bits per heavy atom. The van der Waals surface area contributed by atoms with E-state index in [0.29, 0.717) is 50.3 Å². The topological polar surface area (TPSA) is 93.7 Å². The van der Waals surface area contributed by atoms with Crippen molar-refractivity contribution in [3.63, 3.8) is 0 Å². The number of nitrogens with one attached hydrogen (secondary N) is 2. The molecule has 0 aliphatic rings. The fourth-order valence-electron chi connectivity index (χ4n) is 2.30. The van der Waals surface area contributed by atoms with Gasteiger partial charge >= 0.3 is 0 Å².